The zero-order valence-electron chi connectivity index (χ0n) is 9.88. The number of aryl methyl sites for hydroxylation is 1. The molecule has 6 nitrogen and oxygen atoms in total. The fraction of sp³-hybridized carbons (Fsp3) is 0.400. The van der Waals surface area contributed by atoms with E-state index in [1.807, 2.05) is 6.92 Å². The van der Waals surface area contributed by atoms with Crippen molar-refractivity contribution in [2.75, 3.05) is 7.11 Å². The van der Waals surface area contributed by atoms with Gasteiger partial charge in [-0.3, -0.25) is 0 Å². The monoisotopic (exact) mass is 286 g/mol. The van der Waals surface area contributed by atoms with E-state index in [2.05, 4.69) is 20.0 Å². The van der Waals surface area contributed by atoms with Gasteiger partial charge in [0.15, 0.2) is 10.0 Å². The molecule has 18 heavy (non-hydrogen) atoms. The Balaban J connectivity index is 2.39. The van der Waals surface area contributed by atoms with Crippen LogP contribution in [0, 0.1) is 0 Å². The molecule has 0 saturated carbocycles. The van der Waals surface area contributed by atoms with Crippen LogP contribution in [-0.4, -0.2) is 33.1 Å². The first-order valence-corrected chi connectivity index (χ1v) is 6.50. The van der Waals surface area contributed by atoms with E-state index in [0.717, 1.165) is 18.7 Å². The van der Waals surface area contributed by atoms with Crippen molar-refractivity contribution >= 4 is 28.9 Å². The van der Waals surface area contributed by atoms with Crippen molar-refractivity contribution in [1.82, 2.24) is 20.0 Å². The van der Waals surface area contributed by atoms with E-state index in [0.29, 0.717) is 9.88 Å². The predicted molar refractivity (Wildman–Crippen MR) is 67.8 cm³/mol. The van der Waals surface area contributed by atoms with E-state index in [-0.39, 0.29) is 5.15 Å². The Morgan fingerprint density at radius 1 is 1.61 bits per heavy atom. The molecule has 0 fully saturated rings. The van der Waals surface area contributed by atoms with Crippen LogP contribution >= 0.6 is 22.9 Å². The molecule has 0 aliphatic carbocycles. The maximum absolute atomic E-state index is 11.5. The van der Waals surface area contributed by atoms with Gasteiger partial charge in [-0.1, -0.05) is 23.7 Å². The van der Waals surface area contributed by atoms with Gasteiger partial charge >= 0.3 is 5.97 Å². The lowest BCUT2D eigenvalue weighted by Gasteiger charge is -2.00. The first-order chi connectivity index (χ1) is 8.67. The molecular weight excluding hydrogens is 276 g/mol. The summed E-state index contributed by atoms with van der Waals surface area (Å²) < 4.78 is 6.37. The Labute approximate surface area is 113 Å². The van der Waals surface area contributed by atoms with Crippen LogP contribution < -0.4 is 0 Å². The molecule has 2 heterocycles. The van der Waals surface area contributed by atoms with Crippen LogP contribution in [0.2, 0.25) is 5.15 Å². The van der Waals surface area contributed by atoms with Crippen LogP contribution in [0.15, 0.2) is 6.20 Å². The highest BCUT2D eigenvalue weighted by atomic mass is 35.5. The van der Waals surface area contributed by atoms with Gasteiger partial charge in [0.25, 0.3) is 0 Å². The second kappa shape index (κ2) is 5.45. The molecule has 0 amide bonds. The van der Waals surface area contributed by atoms with Crippen LogP contribution in [-0.2, 0) is 11.3 Å². The number of hydrogen-bond acceptors (Lipinski definition) is 6. The van der Waals surface area contributed by atoms with E-state index in [9.17, 15) is 4.79 Å². The molecule has 96 valence electrons. The van der Waals surface area contributed by atoms with Crippen molar-refractivity contribution < 1.29 is 9.53 Å². The number of esters is 1. The number of methoxy groups -OCH3 is 1. The van der Waals surface area contributed by atoms with Gasteiger partial charge in [-0.15, -0.1) is 16.4 Å². The van der Waals surface area contributed by atoms with E-state index >= 15 is 0 Å². The molecule has 2 aromatic heterocycles. The fourth-order valence-electron chi connectivity index (χ4n) is 1.43. The van der Waals surface area contributed by atoms with Gasteiger partial charge in [0.2, 0.25) is 0 Å². The smallest absolute Gasteiger partial charge is 0.351 e. The van der Waals surface area contributed by atoms with Gasteiger partial charge in [0, 0.05) is 6.54 Å². The number of hydrogen-bond donors (Lipinski definition) is 0. The molecule has 0 N–H and O–H groups in total. The number of ether oxygens (including phenoxy) is 1. The molecule has 2 rings (SSSR count). The number of rotatable bonds is 4. The highest BCUT2D eigenvalue weighted by Gasteiger charge is 2.20. The third kappa shape index (κ3) is 2.37. The van der Waals surface area contributed by atoms with Crippen molar-refractivity contribution in [3.05, 3.63) is 16.2 Å². The molecular formula is C10H11ClN4O2S. The summed E-state index contributed by atoms with van der Waals surface area (Å²) in [7, 11) is 1.31. The molecule has 0 atom stereocenters. The van der Waals surface area contributed by atoms with Gasteiger partial charge in [0.1, 0.15) is 10.7 Å². The van der Waals surface area contributed by atoms with Gasteiger partial charge < -0.3 is 4.74 Å². The maximum atomic E-state index is 11.5. The molecule has 8 heteroatoms. The molecule has 0 aromatic carbocycles. The van der Waals surface area contributed by atoms with E-state index in [4.69, 9.17) is 11.6 Å². The Hall–Kier alpha value is -1.47. The SMILES string of the molecule is CCCn1nncc1-c1nc(Cl)c(C(=O)OC)s1. The summed E-state index contributed by atoms with van der Waals surface area (Å²) in [5, 5.41) is 8.56. The second-order valence-corrected chi connectivity index (χ2v) is 4.83. The minimum atomic E-state index is -0.488. The van der Waals surface area contributed by atoms with Gasteiger partial charge in [-0.2, -0.15) is 0 Å². The maximum Gasteiger partial charge on any atom is 0.351 e. The van der Waals surface area contributed by atoms with Crippen molar-refractivity contribution in [3.8, 4) is 10.7 Å². The third-order valence-electron chi connectivity index (χ3n) is 2.23. The molecule has 0 radical (unpaired) electrons. The van der Waals surface area contributed by atoms with Crippen molar-refractivity contribution in [3.63, 3.8) is 0 Å². The summed E-state index contributed by atoms with van der Waals surface area (Å²) in [6.07, 6.45) is 2.53. The summed E-state index contributed by atoms with van der Waals surface area (Å²) in [5.74, 6) is -0.488. The topological polar surface area (TPSA) is 69.9 Å². The van der Waals surface area contributed by atoms with Crippen LogP contribution in [0.25, 0.3) is 10.7 Å². The van der Waals surface area contributed by atoms with E-state index in [1.165, 1.54) is 18.4 Å². The quantitative estimate of drug-likeness (QED) is 0.806. The minimum absolute atomic E-state index is 0.145. The largest absolute Gasteiger partial charge is 0.465 e. The number of halogens is 1. The van der Waals surface area contributed by atoms with Crippen molar-refractivity contribution in [2.45, 2.75) is 19.9 Å². The molecule has 0 aliphatic heterocycles. The Morgan fingerprint density at radius 2 is 2.39 bits per heavy atom. The molecule has 0 bridgehead atoms. The van der Waals surface area contributed by atoms with Crippen molar-refractivity contribution in [1.29, 1.82) is 0 Å². The van der Waals surface area contributed by atoms with Gasteiger partial charge in [0.05, 0.1) is 13.3 Å². The van der Waals surface area contributed by atoms with E-state index < -0.39 is 5.97 Å². The summed E-state index contributed by atoms with van der Waals surface area (Å²) in [6.45, 7) is 2.78. The first kappa shape index (κ1) is 13.0. The lowest BCUT2D eigenvalue weighted by Crippen LogP contribution is -2.01. The second-order valence-electron chi connectivity index (χ2n) is 3.47. The molecule has 0 saturated heterocycles. The standard InChI is InChI=1S/C10H11ClN4O2S/c1-3-4-15-6(5-12-14-15)9-13-8(11)7(18-9)10(16)17-2/h5H,3-4H2,1-2H3. The lowest BCUT2D eigenvalue weighted by molar-refractivity contribution is 0.0606. The Morgan fingerprint density at radius 3 is 3.06 bits per heavy atom. The zero-order valence-corrected chi connectivity index (χ0v) is 11.5. The number of carbonyl (C=O) groups excluding carboxylic acids is 1. The van der Waals surface area contributed by atoms with Gasteiger partial charge in [-0.05, 0) is 6.42 Å². The third-order valence-corrected chi connectivity index (χ3v) is 3.67. The van der Waals surface area contributed by atoms with Crippen LogP contribution in [0.3, 0.4) is 0 Å². The fourth-order valence-corrected chi connectivity index (χ4v) is 2.65. The number of thiazole rings is 1. The molecule has 0 spiro atoms. The van der Waals surface area contributed by atoms with Crippen LogP contribution in [0.1, 0.15) is 23.0 Å². The summed E-state index contributed by atoms with van der Waals surface area (Å²) >= 11 is 7.08. The number of carbonyl (C=O) groups is 1. The number of aromatic nitrogens is 4. The molecule has 0 aliphatic rings. The normalized spacial score (nSPS) is 10.6. The number of nitrogens with zero attached hydrogens (tertiary/aromatic N) is 4. The highest BCUT2D eigenvalue weighted by molar-refractivity contribution is 7.17. The Bertz CT molecular complexity index is 566. The van der Waals surface area contributed by atoms with Crippen LogP contribution in [0.5, 0.6) is 0 Å². The van der Waals surface area contributed by atoms with Crippen LogP contribution in [0.4, 0.5) is 0 Å². The Kier molecular flexibility index (Phi) is 3.93. The highest BCUT2D eigenvalue weighted by Crippen LogP contribution is 2.30. The van der Waals surface area contributed by atoms with Gasteiger partial charge in [-0.25, -0.2) is 14.5 Å². The zero-order chi connectivity index (χ0) is 13.1. The minimum Gasteiger partial charge on any atom is -0.465 e. The first-order valence-electron chi connectivity index (χ1n) is 5.30. The summed E-state index contributed by atoms with van der Waals surface area (Å²) in [5.41, 5.74) is 0.749. The average molecular weight is 287 g/mol. The molecule has 2 aromatic rings. The van der Waals surface area contributed by atoms with E-state index in [1.54, 1.807) is 10.9 Å². The summed E-state index contributed by atoms with van der Waals surface area (Å²) in [6, 6.07) is 0. The molecule has 0 unspecified atom stereocenters. The van der Waals surface area contributed by atoms with Crippen molar-refractivity contribution in [2.24, 2.45) is 0 Å². The predicted octanol–water partition coefficient (Wildman–Crippen LogP) is 2.25. The summed E-state index contributed by atoms with van der Waals surface area (Å²) in [4.78, 5) is 15.9. The average Bonchev–Trinajstić information content (AvgIpc) is 2.95. The lowest BCUT2D eigenvalue weighted by atomic mass is 10.4.